The molecule has 3 aromatic rings. The number of anilines is 2. The predicted molar refractivity (Wildman–Crippen MR) is 76.5 cm³/mol. The van der Waals surface area contributed by atoms with E-state index < -0.39 is 0 Å². The molecule has 1 N–H and O–H groups in total. The molecule has 0 fully saturated rings. The monoisotopic (exact) mass is 254 g/mol. The minimum absolute atomic E-state index is 0.701. The van der Waals surface area contributed by atoms with E-state index in [0.29, 0.717) is 5.02 Å². The molecule has 0 radical (unpaired) electrons. The van der Waals surface area contributed by atoms with Gasteiger partial charge < -0.3 is 5.32 Å². The van der Waals surface area contributed by atoms with Crippen LogP contribution in [0.4, 0.5) is 11.5 Å². The number of pyridine rings is 1. The SMILES string of the molecule is Clc1ccc2ccc(Nc3ccccc3)nc2c1. The van der Waals surface area contributed by atoms with E-state index in [9.17, 15) is 0 Å². The number of halogens is 1. The van der Waals surface area contributed by atoms with Gasteiger partial charge in [-0.2, -0.15) is 0 Å². The molecule has 2 aromatic carbocycles. The first-order chi connectivity index (χ1) is 8.81. The molecule has 1 heterocycles. The summed E-state index contributed by atoms with van der Waals surface area (Å²) < 4.78 is 0. The molecular weight excluding hydrogens is 244 g/mol. The third kappa shape index (κ3) is 2.29. The van der Waals surface area contributed by atoms with Crippen LogP contribution in [0.3, 0.4) is 0 Å². The fraction of sp³-hybridized carbons (Fsp3) is 0. The molecule has 18 heavy (non-hydrogen) atoms. The van der Waals surface area contributed by atoms with Crippen molar-refractivity contribution in [2.75, 3.05) is 5.32 Å². The van der Waals surface area contributed by atoms with Crippen molar-refractivity contribution in [3.05, 3.63) is 65.7 Å². The first-order valence-corrected chi connectivity index (χ1v) is 6.07. The van der Waals surface area contributed by atoms with E-state index in [4.69, 9.17) is 11.6 Å². The van der Waals surface area contributed by atoms with Gasteiger partial charge in [0.25, 0.3) is 0 Å². The number of rotatable bonds is 2. The lowest BCUT2D eigenvalue weighted by Crippen LogP contribution is -1.93. The Morgan fingerprint density at radius 3 is 2.50 bits per heavy atom. The van der Waals surface area contributed by atoms with Crippen LogP contribution in [0.2, 0.25) is 5.02 Å². The van der Waals surface area contributed by atoms with E-state index in [0.717, 1.165) is 22.4 Å². The second-order valence-electron chi connectivity index (χ2n) is 4.02. The Balaban J connectivity index is 1.98. The fourth-order valence-electron chi connectivity index (χ4n) is 1.83. The van der Waals surface area contributed by atoms with E-state index in [-0.39, 0.29) is 0 Å². The third-order valence-electron chi connectivity index (χ3n) is 2.70. The molecule has 0 amide bonds. The second kappa shape index (κ2) is 4.67. The van der Waals surface area contributed by atoms with Gasteiger partial charge in [0.2, 0.25) is 0 Å². The Labute approximate surface area is 110 Å². The molecule has 88 valence electrons. The minimum Gasteiger partial charge on any atom is -0.340 e. The summed E-state index contributed by atoms with van der Waals surface area (Å²) in [7, 11) is 0. The van der Waals surface area contributed by atoms with Crippen molar-refractivity contribution in [1.29, 1.82) is 0 Å². The lowest BCUT2D eigenvalue weighted by Gasteiger charge is -2.06. The van der Waals surface area contributed by atoms with Crippen molar-refractivity contribution in [3.8, 4) is 0 Å². The highest BCUT2D eigenvalue weighted by molar-refractivity contribution is 6.31. The fourth-order valence-corrected chi connectivity index (χ4v) is 2.00. The maximum Gasteiger partial charge on any atom is 0.131 e. The predicted octanol–water partition coefficient (Wildman–Crippen LogP) is 4.63. The number of benzene rings is 2. The highest BCUT2D eigenvalue weighted by Gasteiger charge is 1.99. The minimum atomic E-state index is 0.701. The number of fused-ring (bicyclic) bond motifs is 1. The van der Waals surface area contributed by atoms with Crippen LogP contribution in [0.1, 0.15) is 0 Å². The average Bonchev–Trinajstić information content (AvgIpc) is 2.39. The molecule has 0 spiro atoms. The average molecular weight is 255 g/mol. The van der Waals surface area contributed by atoms with Crippen molar-refractivity contribution < 1.29 is 0 Å². The quantitative estimate of drug-likeness (QED) is 0.721. The summed E-state index contributed by atoms with van der Waals surface area (Å²) >= 11 is 5.97. The maximum absolute atomic E-state index is 5.97. The molecule has 0 unspecified atom stereocenters. The summed E-state index contributed by atoms with van der Waals surface area (Å²) in [5.41, 5.74) is 1.91. The van der Waals surface area contributed by atoms with Crippen LogP contribution >= 0.6 is 11.6 Å². The summed E-state index contributed by atoms with van der Waals surface area (Å²) in [4.78, 5) is 4.54. The molecule has 0 saturated carbocycles. The molecule has 0 atom stereocenters. The van der Waals surface area contributed by atoms with Gasteiger partial charge in [-0.15, -0.1) is 0 Å². The number of hydrogen-bond donors (Lipinski definition) is 1. The summed E-state index contributed by atoms with van der Waals surface area (Å²) in [6.45, 7) is 0. The Morgan fingerprint density at radius 2 is 1.67 bits per heavy atom. The molecule has 0 saturated heterocycles. The van der Waals surface area contributed by atoms with E-state index in [1.807, 2.05) is 60.7 Å². The van der Waals surface area contributed by atoms with E-state index in [1.165, 1.54) is 0 Å². The summed E-state index contributed by atoms with van der Waals surface area (Å²) in [6.07, 6.45) is 0. The molecule has 0 aliphatic carbocycles. The zero-order valence-corrected chi connectivity index (χ0v) is 10.4. The summed E-state index contributed by atoms with van der Waals surface area (Å²) in [6, 6.07) is 19.7. The lowest BCUT2D eigenvalue weighted by atomic mass is 10.2. The second-order valence-corrected chi connectivity index (χ2v) is 4.46. The van der Waals surface area contributed by atoms with Gasteiger partial charge in [0.15, 0.2) is 0 Å². The maximum atomic E-state index is 5.97. The number of hydrogen-bond acceptors (Lipinski definition) is 2. The molecule has 3 rings (SSSR count). The van der Waals surface area contributed by atoms with Gasteiger partial charge >= 0.3 is 0 Å². The first-order valence-electron chi connectivity index (χ1n) is 5.70. The van der Waals surface area contributed by atoms with Crippen LogP contribution in [0.25, 0.3) is 10.9 Å². The summed E-state index contributed by atoms with van der Waals surface area (Å²) in [5, 5.41) is 5.04. The van der Waals surface area contributed by atoms with Gasteiger partial charge in [0, 0.05) is 16.1 Å². The molecular formula is C15H11ClN2. The Hall–Kier alpha value is -2.06. The largest absolute Gasteiger partial charge is 0.340 e. The Kier molecular flexibility index (Phi) is 2.87. The van der Waals surface area contributed by atoms with Crippen molar-refractivity contribution in [2.45, 2.75) is 0 Å². The zero-order valence-electron chi connectivity index (χ0n) is 9.60. The topological polar surface area (TPSA) is 24.9 Å². The molecule has 3 heteroatoms. The van der Waals surface area contributed by atoms with Crippen molar-refractivity contribution in [3.63, 3.8) is 0 Å². The Bertz CT molecular complexity index is 680. The highest BCUT2D eigenvalue weighted by atomic mass is 35.5. The van der Waals surface area contributed by atoms with Gasteiger partial charge in [0.05, 0.1) is 5.52 Å². The number of nitrogens with one attached hydrogen (secondary N) is 1. The van der Waals surface area contributed by atoms with Crippen LogP contribution < -0.4 is 5.32 Å². The van der Waals surface area contributed by atoms with Gasteiger partial charge in [-0.3, -0.25) is 0 Å². The number of para-hydroxylation sites is 1. The summed E-state index contributed by atoms with van der Waals surface area (Å²) in [5.74, 6) is 0.816. The van der Waals surface area contributed by atoms with Gasteiger partial charge in [-0.05, 0) is 36.4 Å². The van der Waals surface area contributed by atoms with E-state index in [1.54, 1.807) is 0 Å². The van der Waals surface area contributed by atoms with Crippen LogP contribution in [0.5, 0.6) is 0 Å². The van der Waals surface area contributed by atoms with Gasteiger partial charge in [0.1, 0.15) is 5.82 Å². The van der Waals surface area contributed by atoms with Gasteiger partial charge in [-0.25, -0.2) is 4.98 Å². The Morgan fingerprint density at radius 1 is 0.889 bits per heavy atom. The molecule has 2 nitrogen and oxygen atoms in total. The first kappa shape index (κ1) is 11.1. The standard InChI is InChI=1S/C15H11ClN2/c16-12-8-6-11-7-9-15(18-14(11)10-12)17-13-4-2-1-3-5-13/h1-10H,(H,17,18). The smallest absolute Gasteiger partial charge is 0.131 e. The van der Waals surface area contributed by atoms with Gasteiger partial charge in [-0.1, -0.05) is 35.9 Å². The normalized spacial score (nSPS) is 10.5. The zero-order chi connectivity index (χ0) is 12.4. The molecule has 1 aromatic heterocycles. The van der Waals surface area contributed by atoms with E-state index >= 15 is 0 Å². The van der Waals surface area contributed by atoms with E-state index in [2.05, 4.69) is 10.3 Å². The van der Waals surface area contributed by atoms with Crippen molar-refractivity contribution in [2.24, 2.45) is 0 Å². The van der Waals surface area contributed by atoms with Crippen molar-refractivity contribution >= 4 is 34.0 Å². The lowest BCUT2D eigenvalue weighted by molar-refractivity contribution is 1.37. The van der Waals surface area contributed by atoms with Crippen molar-refractivity contribution in [1.82, 2.24) is 4.98 Å². The van der Waals surface area contributed by atoms with Crippen LogP contribution in [-0.2, 0) is 0 Å². The number of nitrogens with zero attached hydrogens (tertiary/aromatic N) is 1. The highest BCUT2D eigenvalue weighted by Crippen LogP contribution is 2.21. The molecule has 0 bridgehead atoms. The van der Waals surface area contributed by atoms with Crippen LogP contribution in [0.15, 0.2) is 60.7 Å². The molecule has 0 aliphatic heterocycles. The third-order valence-corrected chi connectivity index (χ3v) is 2.94. The number of aromatic nitrogens is 1. The van der Waals surface area contributed by atoms with Crippen LogP contribution in [0, 0.1) is 0 Å². The van der Waals surface area contributed by atoms with Crippen LogP contribution in [-0.4, -0.2) is 4.98 Å². The molecule has 0 aliphatic rings.